The SMILES string of the molecule is Cc1ccc(CNCc2ccc(C)o2)c(O[C@H]2CCOC2)c1. The van der Waals surface area contributed by atoms with Gasteiger partial charge in [0.1, 0.15) is 23.4 Å². The van der Waals surface area contributed by atoms with Gasteiger partial charge in [-0.15, -0.1) is 0 Å². The summed E-state index contributed by atoms with van der Waals surface area (Å²) < 4.78 is 17.1. The van der Waals surface area contributed by atoms with Crippen molar-refractivity contribution >= 4 is 0 Å². The Hall–Kier alpha value is -1.78. The fourth-order valence-corrected chi connectivity index (χ4v) is 2.60. The summed E-state index contributed by atoms with van der Waals surface area (Å²) in [5.74, 6) is 2.85. The molecule has 0 unspecified atom stereocenters. The van der Waals surface area contributed by atoms with E-state index < -0.39 is 0 Å². The standard InChI is InChI=1S/C18H23NO3/c1-13-3-5-15(10-19-11-16-6-4-14(2)21-16)18(9-13)22-17-7-8-20-12-17/h3-6,9,17,19H,7-8,10-12H2,1-2H3/t17-/m0/s1. The molecule has 1 fully saturated rings. The molecule has 22 heavy (non-hydrogen) atoms. The molecule has 1 aliphatic rings. The maximum absolute atomic E-state index is 6.11. The van der Waals surface area contributed by atoms with Crippen LogP contribution in [0, 0.1) is 13.8 Å². The Morgan fingerprint density at radius 2 is 2.09 bits per heavy atom. The van der Waals surface area contributed by atoms with Gasteiger partial charge in [-0.3, -0.25) is 0 Å². The van der Waals surface area contributed by atoms with Gasteiger partial charge in [0.25, 0.3) is 0 Å². The average molecular weight is 301 g/mol. The van der Waals surface area contributed by atoms with Gasteiger partial charge in [-0.25, -0.2) is 0 Å². The summed E-state index contributed by atoms with van der Waals surface area (Å²) in [7, 11) is 0. The zero-order chi connectivity index (χ0) is 15.4. The molecule has 1 N–H and O–H groups in total. The van der Waals surface area contributed by atoms with Gasteiger partial charge in [0.05, 0.1) is 19.8 Å². The maximum Gasteiger partial charge on any atom is 0.124 e. The third-order valence-corrected chi connectivity index (χ3v) is 3.81. The number of ether oxygens (including phenoxy) is 2. The summed E-state index contributed by atoms with van der Waals surface area (Å²) in [5, 5.41) is 3.41. The molecule has 0 radical (unpaired) electrons. The highest BCUT2D eigenvalue weighted by atomic mass is 16.5. The molecule has 2 aromatic rings. The molecular weight excluding hydrogens is 278 g/mol. The highest BCUT2D eigenvalue weighted by molar-refractivity contribution is 5.37. The van der Waals surface area contributed by atoms with E-state index in [1.54, 1.807) is 0 Å². The number of benzene rings is 1. The van der Waals surface area contributed by atoms with E-state index in [0.29, 0.717) is 13.2 Å². The Kier molecular flexibility index (Phi) is 4.80. The van der Waals surface area contributed by atoms with Crippen molar-refractivity contribution in [3.05, 3.63) is 53.0 Å². The van der Waals surface area contributed by atoms with Crippen molar-refractivity contribution in [2.75, 3.05) is 13.2 Å². The van der Waals surface area contributed by atoms with Gasteiger partial charge in [0.2, 0.25) is 0 Å². The lowest BCUT2D eigenvalue weighted by Crippen LogP contribution is -2.18. The molecule has 1 aromatic carbocycles. The van der Waals surface area contributed by atoms with Gasteiger partial charge in [0.15, 0.2) is 0 Å². The predicted octanol–water partition coefficient (Wildman–Crippen LogP) is 3.35. The van der Waals surface area contributed by atoms with Crippen molar-refractivity contribution in [2.45, 2.75) is 39.5 Å². The lowest BCUT2D eigenvalue weighted by Gasteiger charge is -2.16. The topological polar surface area (TPSA) is 43.6 Å². The molecule has 0 spiro atoms. The molecule has 0 saturated carbocycles. The zero-order valence-corrected chi connectivity index (χ0v) is 13.2. The molecule has 1 atom stereocenters. The van der Waals surface area contributed by atoms with Gasteiger partial charge in [-0.2, -0.15) is 0 Å². The smallest absolute Gasteiger partial charge is 0.124 e. The van der Waals surface area contributed by atoms with Gasteiger partial charge in [-0.05, 0) is 37.6 Å². The summed E-state index contributed by atoms with van der Waals surface area (Å²) >= 11 is 0. The van der Waals surface area contributed by atoms with E-state index in [9.17, 15) is 0 Å². The first-order valence-electron chi connectivity index (χ1n) is 7.80. The van der Waals surface area contributed by atoms with Crippen LogP contribution in [-0.2, 0) is 17.8 Å². The second-order valence-electron chi connectivity index (χ2n) is 5.83. The number of furan rings is 1. The Balaban J connectivity index is 1.61. The lowest BCUT2D eigenvalue weighted by atomic mass is 10.1. The van der Waals surface area contributed by atoms with Gasteiger partial charge >= 0.3 is 0 Å². The molecule has 4 nitrogen and oxygen atoms in total. The monoisotopic (exact) mass is 301 g/mol. The molecule has 1 aromatic heterocycles. The first-order valence-corrected chi connectivity index (χ1v) is 7.80. The highest BCUT2D eigenvalue weighted by Gasteiger charge is 2.18. The van der Waals surface area contributed by atoms with Crippen molar-refractivity contribution in [3.63, 3.8) is 0 Å². The first-order chi connectivity index (χ1) is 10.7. The Morgan fingerprint density at radius 3 is 2.82 bits per heavy atom. The van der Waals surface area contributed by atoms with Crippen LogP contribution in [0.15, 0.2) is 34.7 Å². The van der Waals surface area contributed by atoms with E-state index in [2.05, 4.69) is 30.4 Å². The summed E-state index contributed by atoms with van der Waals surface area (Å²) in [6, 6.07) is 10.3. The van der Waals surface area contributed by atoms with E-state index in [-0.39, 0.29) is 6.10 Å². The number of rotatable bonds is 6. The van der Waals surface area contributed by atoms with Crippen molar-refractivity contribution in [2.24, 2.45) is 0 Å². The lowest BCUT2D eigenvalue weighted by molar-refractivity contribution is 0.140. The summed E-state index contributed by atoms with van der Waals surface area (Å²) in [4.78, 5) is 0. The van der Waals surface area contributed by atoms with E-state index in [1.165, 1.54) is 11.1 Å². The third-order valence-electron chi connectivity index (χ3n) is 3.81. The van der Waals surface area contributed by atoms with Gasteiger partial charge < -0.3 is 19.2 Å². The second kappa shape index (κ2) is 6.99. The van der Waals surface area contributed by atoms with Crippen LogP contribution < -0.4 is 10.1 Å². The molecule has 0 bridgehead atoms. The van der Waals surface area contributed by atoms with Crippen LogP contribution in [0.25, 0.3) is 0 Å². The number of hydrogen-bond donors (Lipinski definition) is 1. The molecule has 1 saturated heterocycles. The summed E-state index contributed by atoms with van der Waals surface area (Å²) in [6.07, 6.45) is 1.14. The number of hydrogen-bond acceptors (Lipinski definition) is 4. The van der Waals surface area contributed by atoms with Crippen molar-refractivity contribution < 1.29 is 13.9 Å². The predicted molar refractivity (Wildman–Crippen MR) is 85.0 cm³/mol. The van der Waals surface area contributed by atoms with Gasteiger partial charge in [0, 0.05) is 18.5 Å². The number of nitrogens with one attached hydrogen (secondary N) is 1. The molecule has 118 valence electrons. The summed E-state index contributed by atoms with van der Waals surface area (Å²) in [6.45, 7) is 6.99. The molecule has 2 heterocycles. The minimum Gasteiger partial charge on any atom is -0.488 e. The fourth-order valence-electron chi connectivity index (χ4n) is 2.60. The minimum absolute atomic E-state index is 0.174. The molecule has 3 rings (SSSR count). The van der Waals surface area contributed by atoms with Crippen molar-refractivity contribution in [1.29, 1.82) is 0 Å². The van der Waals surface area contributed by atoms with E-state index in [0.717, 1.165) is 36.8 Å². The largest absolute Gasteiger partial charge is 0.488 e. The molecule has 1 aliphatic heterocycles. The van der Waals surface area contributed by atoms with Gasteiger partial charge in [-0.1, -0.05) is 12.1 Å². The molecular formula is C18H23NO3. The molecule has 0 aliphatic carbocycles. The Labute approximate surface area is 131 Å². The van der Waals surface area contributed by atoms with Crippen molar-refractivity contribution in [3.8, 4) is 5.75 Å². The van der Waals surface area contributed by atoms with E-state index in [4.69, 9.17) is 13.9 Å². The quantitative estimate of drug-likeness (QED) is 0.888. The van der Waals surface area contributed by atoms with Crippen LogP contribution in [0.3, 0.4) is 0 Å². The summed E-state index contributed by atoms with van der Waals surface area (Å²) in [5.41, 5.74) is 2.38. The average Bonchev–Trinajstić information content (AvgIpc) is 3.13. The third kappa shape index (κ3) is 3.90. The van der Waals surface area contributed by atoms with E-state index >= 15 is 0 Å². The molecule has 4 heteroatoms. The second-order valence-corrected chi connectivity index (χ2v) is 5.83. The van der Waals surface area contributed by atoms with Crippen LogP contribution in [-0.4, -0.2) is 19.3 Å². The van der Waals surface area contributed by atoms with Crippen LogP contribution in [0.2, 0.25) is 0 Å². The number of aryl methyl sites for hydroxylation is 2. The normalized spacial score (nSPS) is 17.8. The first kappa shape index (κ1) is 15.1. The zero-order valence-electron chi connectivity index (χ0n) is 13.2. The highest BCUT2D eigenvalue weighted by Crippen LogP contribution is 2.24. The Bertz CT molecular complexity index is 615. The van der Waals surface area contributed by atoms with Crippen LogP contribution in [0.1, 0.15) is 29.1 Å². The maximum atomic E-state index is 6.11. The van der Waals surface area contributed by atoms with Crippen LogP contribution in [0.5, 0.6) is 5.75 Å². The van der Waals surface area contributed by atoms with Crippen LogP contribution >= 0.6 is 0 Å². The fraction of sp³-hybridized carbons (Fsp3) is 0.444. The molecule has 0 amide bonds. The van der Waals surface area contributed by atoms with Crippen molar-refractivity contribution in [1.82, 2.24) is 5.32 Å². The minimum atomic E-state index is 0.174. The van der Waals surface area contributed by atoms with Crippen LogP contribution in [0.4, 0.5) is 0 Å². The Morgan fingerprint density at radius 1 is 1.18 bits per heavy atom. The van der Waals surface area contributed by atoms with E-state index in [1.807, 2.05) is 19.1 Å².